The van der Waals surface area contributed by atoms with Crippen LogP contribution in [0.15, 0.2) is 54.6 Å². The van der Waals surface area contributed by atoms with E-state index in [1.807, 2.05) is 24.3 Å². The first kappa shape index (κ1) is 19.6. The Morgan fingerprint density at radius 1 is 1.17 bits per heavy atom. The molecule has 0 aliphatic carbocycles. The van der Waals surface area contributed by atoms with E-state index in [1.165, 1.54) is 29.2 Å². The van der Waals surface area contributed by atoms with E-state index >= 15 is 0 Å². The molecule has 1 aromatic heterocycles. The quantitative estimate of drug-likeness (QED) is 0.610. The number of aromatic amines is 1. The van der Waals surface area contributed by atoms with E-state index in [-0.39, 0.29) is 18.6 Å². The van der Waals surface area contributed by atoms with Crippen molar-refractivity contribution < 1.29 is 23.8 Å². The second kappa shape index (κ2) is 8.34. The molecule has 1 saturated heterocycles. The van der Waals surface area contributed by atoms with Crippen molar-refractivity contribution in [2.45, 2.75) is 6.10 Å². The van der Waals surface area contributed by atoms with E-state index in [4.69, 9.17) is 9.84 Å². The Balaban J connectivity index is 1.43. The standard InChI is InChI=1S/C21H19FN4O4/c22-16-7-5-15(6-8-16)20(27)23-19-11-17(24-25-19)13-1-3-14(4-2-13)18-12-26(21(28)29)9-10-30-18/h1-8,11,18H,9-10,12H2,(H,28,29)(H2,23,24,25,27). The number of nitrogens with zero attached hydrogens (tertiary/aromatic N) is 2. The number of benzene rings is 2. The molecule has 0 radical (unpaired) electrons. The summed E-state index contributed by atoms with van der Waals surface area (Å²) in [5, 5.41) is 18.8. The smallest absolute Gasteiger partial charge is 0.407 e. The lowest BCUT2D eigenvalue weighted by Gasteiger charge is -2.31. The number of morpholine rings is 1. The Bertz CT molecular complexity index is 1050. The number of halogens is 1. The van der Waals surface area contributed by atoms with Gasteiger partial charge in [0.2, 0.25) is 0 Å². The molecule has 2 amide bonds. The molecule has 0 bridgehead atoms. The van der Waals surface area contributed by atoms with Crippen molar-refractivity contribution in [3.05, 3.63) is 71.5 Å². The van der Waals surface area contributed by atoms with Gasteiger partial charge < -0.3 is 20.1 Å². The van der Waals surface area contributed by atoms with E-state index in [1.54, 1.807) is 6.07 Å². The highest BCUT2D eigenvalue weighted by molar-refractivity contribution is 6.03. The molecule has 1 aliphatic heterocycles. The number of aromatic nitrogens is 2. The highest BCUT2D eigenvalue weighted by Crippen LogP contribution is 2.26. The Morgan fingerprint density at radius 3 is 2.60 bits per heavy atom. The molecule has 1 fully saturated rings. The van der Waals surface area contributed by atoms with Gasteiger partial charge in [-0.25, -0.2) is 9.18 Å². The van der Waals surface area contributed by atoms with Crippen molar-refractivity contribution in [3.8, 4) is 11.3 Å². The minimum absolute atomic E-state index is 0.290. The van der Waals surface area contributed by atoms with Crippen molar-refractivity contribution in [1.82, 2.24) is 15.1 Å². The van der Waals surface area contributed by atoms with Crippen molar-refractivity contribution in [3.63, 3.8) is 0 Å². The van der Waals surface area contributed by atoms with Crippen molar-refractivity contribution >= 4 is 17.8 Å². The van der Waals surface area contributed by atoms with Crippen LogP contribution in [0.25, 0.3) is 11.3 Å². The molecule has 1 atom stereocenters. The summed E-state index contributed by atoms with van der Waals surface area (Å²) in [6.45, 7) is 1.01. The van der Waals surface area contributed by atoms with Gasteiger partial charge in [-0.2, -0.15) is 5.10 Å². The molecule has 3 aromatic rings. The fourth-order valence-electron chi connectivity index (χ4n) is 3.23. The number of carbonyl (C=O) groups is 2. The van der Waals surface area contributed by atoms with Crippen molar-refractivity contribution in [1.29, 1.82) is 0 Å². The summed E-state index contributed by atoms with van der Waals surface area (Å²) in [4.78, 5) is 24.7. The van der Waals surface area contributed by atoms with E-state index < -0.39 is 11.9 Å². The predicted molar refractivity (Wildman–Crippen MR) is 107 cm³/mol. The number of carboxylic acid groups (broad SMARTS) is 1. The first-order valence-electron chi connectivity index (χ1n) is 9.32. The molecule has 0 spiro atoms. The summed E-state index contributed by atoms with van der Waals surface area (Å²) in [6, 6.07) is 14.4. The zero-order valence-corrected chi connectivity index (χ0v) is 15.8. The number of H-pyrrole nitrogens is 1. The second-order valence-corrected chi connectivity index (χ2v) is 6.84. The second-order valence-electron chi connectivity index (χ2n) is 6.84. The van der Waals surface area contributed by atoms with E-state index in [9.17, 15) is 14.0 Å². The number of hydrogen-bond donors (Lipinski definition) is 3. The van der Waals surface area contributed by atoms with Crippen LogP contribution in [-0.2, 0) is 4.74 Å². The number of nitrogens with one attached hydrogen (secondary N) is 2. The third-order valence-electron chi connectivity index (χ3n) is 4.86. The zero-order valence-electron chi connectivity index (χ0n) is 15.8. The number of carbonyl (C=O) groups excluding carboxylic acids is 1. The molecule has 154 valence electrons. The van der Waals surface area contributed by atoms with Crippen LogP contribution in [0.2, 0.25) is 0 Å². The molecular weight excluding hydrogens is 391 g/mol. The summed E-state index contributed by atoms with van der Waals surface area (Å²) in [5.74, 6) is -0.455. The number of hydrogen-bond acceptors (Lipinski definition) is 4. The molecule has 1 unspecified atom stereocenters. The highest BCUT2D eigenvalue weighted by Gasteiger charge is 2.25. The maximum Gasteiger partial charge on any atom is 0.407 e. The SMILES string of the molecule is O=C(Nc1cc(-c2ccc(C3CN(C(=O)O)CCO3)cc2)[nH]n1)c1ccc(F)cc1. The average molecular weight is 410 g/mol. The summed E-state index contributed by atoms with van der Waals surface area (Å²) in [7, 11) is 0. The van der Waals surface area contributed by atoms with Gasteiger partial charge in [0.25, 0.3) is 5.91 Å². The van der Waals surface area contributed by atoms with Gasteiger partial charge in [-0.3, -0.25) is 9.89 Å². The Labute approximate surface area is 171 Å². The fraction of sp³-hybridized carbons (Fsp3) is 0.190. The summed E-state index contributed by atoms with van der Waals surface area (Å²) >= 11 is 0. The van der Waals surface area contributed by atoms with Gasteiger partial charge in [0, 0.05) is 18.2 Å². The van der Waals surface area contributed by atoms with Crippen LogP contribution >= 0.6 is 0 Å². The summed E-state index contributed by atoms with van der Waals surface area (Å²) in [5.41, 5.74) is 2.76. The molecule has 0 saturated carbocycles. The minimum Gasteiger partial charge on any atom is -0.465 e. The predicted octanol–water partition coefficient (Wildman–Crippen LogP) is 3.52. The van der Waals surface area contributed by atoms with Gasteiger partial charge in [-0.1, -0.05) is 24.3 Å². The molecule has 3 N–H and O–H groups in total. The topological polar surface area (TPSA) is 108 Å². The van der Waals surface area contributed by atoms with Gasteiger partial charge in [0.1, 0.15) is 11.9 Å². The fourth-order valence-corrected chi connectivity index (χ4v) is 3.23. The third-order valence-corrected chi connectivity index (χ3v) is 4.86. The zero-order chi connectivity index (χ0) is 21.1. The van der Waals surface area contributed by atoms with Crippen LogP contribution in [0.1, 0.15) is 22.0 Å². The van der Waals surface area contributed by atoms with Crippen LogP contribution in [0.3, 0.4) is 0 Å². The van der Waals surface area contributed by atoms with Crippen molar-refractivity contribution in [2.75, 3.05) is 25.0 Å². The molecule has 4 rings (SSSR count). The van der Waals surface area contributed by atoms with Crippen molar-refractivity contribution in [2.24, 2.45) is 0 Å². The Morgan fingerprint density at radius 2 is 1.90 bits per heavy atom. The minimum atomic E-state index is -0.951. The molecule has 2 aromatic carbocycles. The maximum absolute atomic E-state index is 13.0. The molecule has 30 heavy (non-hydrogen) atoms. The summed E-state index contributed by atoms with van der Waals surface area (Å²) < 4.78 is 18.7. The average Bonchev–Trinajstić information content (AvgIpc) is 3.23. The molecule has 9 heteroatoms. The van der Waals surface area contributed by atoms with Gasteiger partial charge >= 0.3 is 6.09 Å². The van der Waals surface area contributed by atoms with Crippen LogP contribution in [0, 0.1) is 5.82 Å². The lowest BCUT2D eigenvalue weighted by molar-refractivity contribution is -0.0231. The van der Waals surface area contributed by atoms with E-state index in [0.717, 1.165) is 11.1 Å². The lowest BCUT2D eigenvalue weighted by atomic mass is 10.0. The van der Waals surface area contributed by atoms with E-state index in [0.29, 0.717) is 30.2 Å². The number of rotatable bonds is 4. The maximum atomic E-state index is 13.0. The van der Waals surface area contributed by atoms with E-state index in [2.05, 4.69) is 15.5 Å². The van der Waals surface area contributed by atoms with Crippen LogP contribution in [0.5, 0.6) is 0 Å². The third kappa shape index (κ3) is 4.31. The van der Waals surface area contributed by atoms with Crippen LogP contribution in [-0.4, -0.2) is 51.9 Å². The monoisotopic (exact) mass is 410 g/mol. The molecule has 2 heterocycles. The molecule has 1 aliphatic rings. The first-order chi connectivity index (χ1) is 14.5. The number of anilines is 1. The van der Waals surface area contributed by atoms with Gasteiger partial charge in [0.15, 0.2) is 5.82 Å². The first-order valence-corrected chi connectivity index (χ1v) is 9.32. The Kier molecular flexibility index (Phi) is 5.44. The lowest BCUT2D eigenvalue weighted by Crippen LogP contribution is -2.41. The number of amides is 2. The normalized spacial score (nSPS) is 16.3. The highest BCUT2D eigenvalue weighted by atomic mass is 19.1. The summed E-state index contributed by atoms with van der Waals surface area (Å²) in [6.07, 6.45) is -1.26. The molecular formula is C21H19FN4O4. The van der Waals surface area contributed by atoms with Gasteiger partial charge in [-0.15, -0.1) is 0 Å². The molecule has 8 nitrogen and oxygen atoms in total. The van der Waals surface area contributed by atoms with Crippen LogP contribution in [0.4, 0.5) is 15.0 Å². The Hall–Kier alpha value is -3.72. The van der Waals surface area contributed by atoms with Gasteiger partial charge in [-0.05, 0) is 35.4 Å². The van der Waals surface area contributed by atoms with Gasteiger partial charge in [0.05, 0.1) is 18.8 Å². The largest absolute Gasteiger partial charge is 0.465 e. The number of ether oxygens (including phenoxy) is 1. The van der Waals surface area contributed by atoms with Crippen LogP contribution < -0.4 is 5.32 Å².